The van der Waals surface area contributed by atoms with Crippen molar-refractivity contribution in [3.8, 4) is 11.8 Å². The van der Waals surface area contributed by atoms with E-state index < -0.39 is 0 Å². The molecule has 0 aromatic carbocycles. The Morgan fingerprint density at radius 3 is 2.67 bits per heavy atom. The lowest BCUT2D eigenvalue weighted by atomic mass is 9.98. The molecule has 0 saturated heterocycles. The van der Waals surface area contributed by atoms with Gasteiger partial charge in [0, 0.05) is 17.8 Å². The molecule has 0 unspecified atom stereocenters. The second-order valence-electron chi connectivity index (χ2n) is 3.79. The lowest BCUT2D eigenvalue weighted by Gasteiger charge is -2.06. The average molecular weight is 162 g/mol. The smallest absolute Gasteiger partial charge is 0.0954 e. The molecule has 0 aliphatic rings. The van der Waals surface area contributed by atoms with Crippen LogP contribution in [0.15, 0.2) is 18.7 Å². The monoisotopic (exact) mass is 162 g/mol. The molecule has 0 spiro atoms. The minimum atomic E-state index is 0.0978. The fraction of sp³-hybridized carbons (Fsp3) is 0.500. The summed E-state index contributed by atoms with van der Waals surface area (Å²) in [7, 11) is 0. The Labute approximate surface area is 73.6 Å². The van der Waals surface area contributed by atoms with E-state index in [4.69, 9.17) is 0 Å². The molecule has 12 heavy (non-hydrogen) atoms. The second kappa shape index (κ2) is 3.44. The van der Waals surface area contributed by atoms with Crippen LogP contribution in [0.3, 0.4) is 0 Å². The van der Waals surface area contributed by atoms with Crippen LogP contribution < -0.4 is 0 Å². The molecule has 1 heterocycles. The zero-order chi connectivity index (χ0) is 9.03. The minimum absolute atomic E-state index is 0.0978. The van der Waals surface area contributed by atoms with E-state index >= 15 is 0 Å². The van der Waals surface area contributed by atoms with E-state index in [1.165, 1.54) is 0 Å². The summed E-state index contributed by atoms with van der Waals surface area (Å²) in [6.45, 7) is 7.05. The zero-order valence-electron chi connectivity index (χ0n) is 7.83. The zero-order valence-corrected chi connectivity index (χ0v) is 7.83. The van der Waals surface area contributed by atoms with Gasteiger partial charge in [0.2, 0.25) is 0 Å². The van der Waals surface area contributed by atoms with Crippen LogP contribution in [0.1, 0.15) is 20.8 Å². The van der Waals surface area contributed by atoms with E-state index in [0.29, 0.717) is 0 Å². The molecule has 2 heteroatoms. The van der Waals surface area contributed by atoms with Gasteiger partial charge < -0.3 is 4.57 Å². The Morgan fingerprint density at radius 1 is 1.42 bits per heavy atom. The van der Waals surface area contributed by atoms with Gasteiger partial charge in [-0.25, -0.2) is 4.98 Å². The van der Waals surface area contributed by atoms with Gasteiger partial charge in [-0.3, -0.25) is 0 Å². The van der Waals surface area contributed by atoms with Gasteiger partial charge in [-0.05, 0) is 20.8 Å². The van der Waals surface area contributed by atoms with Crippen LogP contribution in [0.25, 0.3) is 0 Å². The van der Waals surface area contributed by atoms with Gasteiger partial charge in [0.05, 0.1) is 12.9 Å². The third kappa shape index (κ3) is 3.25. The first-order chi connectivity index (χ1) is 5.58. The lowest BCUT2D eigenvalue weighted by molar-refractivity contribution is 0.569. The van der Waals surface area contributed by atoms with Crippen LogP contribution >= 0.6 is 0 Å². The quantitative estimate of drug-likeness (QED) is 0.577. The predicted octanol–water partition coefficient (Wildman–Crippen LogP) is 1.93. The molecule has 0 N–H and O–H groups in total. The summed E-state index contributed by atoms with van der Waals surface area (Å²) in [4.78, 5) is 3.93. The highest BCUT2D eigenvalue weighted by molar-refractivity contribution is 5.07. The molecule has 1 rings (SSSR count). The van der Waals surface area contributed by atoms with E-state index in [-0.39, 0.29) is 5.41 Å². The maximum atomic E-state index is 3.93. The molecule has 64 valence electrons. The van der Waals surface area contributed by atoms with Crippen molar-refractivity contribution in [3.63, 3.8) is 0 Å². The summed E-state index contributed by atoms with van der Waals surface area (Å²) in [5.41, 5.74) is 0.0978. The number of nitrogens with zero attached hydrogens (tertiary/aromatic N) is 2. The summed E-state index contributed by atoms with van der Waals surface area (Å²) in [6.07, 6.45) is 5.45. The van der Waals surface area contributed by atoms with E-state index in [1.54, 1.807) is 12.5 Å². The molecule has 2 nitrogen and oxygen atoms in total. The highest BCUT2D eigenvalue weighted by atomic mass is 15.0. The predicted molar refractivity (Wildman–Crippen MR) is 49.5 cm³/mol. The maximum absolute atomic E-state index is 3.93. The molecule has 0 bridgehead atoms. The molecular formula is C10H14N2. The Hall–Kier alpha value is -1.23. The topological polar surface area (TPSA) is 17.8 Å². The molecule has 1 aromatic rings. The number of rotatable bonds is 1. The van der Waals surface area contributed by atoms with E-state index in [9.17, 15) is 0 Å². The molecular weight excluding hydrogens is 148 g/mol. The molecule has 0 radical (unpaired) electrons. The Kier molecular flexibility index (Phi) is 2.54. The average Bonchev–Trinajstić information content (AvgIpc) is 2.36. The summed E-state index contributed by atoms with van der Waals surface area (Å²) >= 11 is 0. The normalized spacial score (nSPS) is 10.6. The number of hydrogen-bond acceptors (Lipinski definition) is 1. The van der Waals surface area contributed by atoms with E-state index in [1.807, 2.05) is 10.8 Å². The summed E-state index contributed by atoms with van der Waals surface area (Å²) in [5.74, 6) is 6.26. The van der Waals surface area contributed by atoms with Crippen molar-refractivity contribution in [1.29, 1.82) is 0 Å². The first-order valence-electron chi connectivity index (χ1n) is 4.04. The largest absolute Gasteiger partial charge is 0.326 e. The van der Waals surface area contributed by atoms with Crippen molar-refractivity contribution >= 4 is 0 Å². The van der Waals surface area contributed by atoms with Gasteiger partial charge in [-0.1, -0.05) is 11.8 Å². The first-order valence-corrected chi connectivity index (χ1v) is 4.04. The molecule has 0 saturated carbocycles. The number of aromatic nitrogens is 2. The third-order valence-electron chi connectivity index (χ3n) is 1.28. The van der Waals surface area contributed by atoms with Crippen molar-refractivity contribution in [2.24, 2.45) is 5.41 Å². The molecule has 0 aliphatic heterocycles. The number of hydrogen-bond donors (Lipinski definition) is 0. The molecule has 1 aromatic heterocycles. The third-order valence-corrected chi connectivity index (χ3v) is 1.28. The van der Waals surface area contributed by atoms with Crippen molar-refractivity contribution in [3.05, 3.63) is 18.7 Å². The summed E-state index contributed by atoms with van der Waals surface area (Å²) < 4.78 is 1.96. The van der Waals surface area contributed by atoms with E-state index in [0.717, 1.165) is 6.54 Å². The molecule has 0 fully saturated rings. The number of imidazole rings is 1. The van der Waals surface area contributed by atoms with Crippen LogP contribution in [0, 0.1) is 17.3 Å². The fourth-order valence-corrected chi connectivity index (χ4v) is 0.776. The SMILES string of the molecule is CC(C)(C)C#CCn1ccnc1. The highest BCUT2D eigenvalue weighted by Gasteiger charge is 2.02. The van der Waals surface area contributed by atoms with Crippen molar-refractivity contribution in [2.75, 3.05) is 0 Å². The van der Waals surface area contributed by atoms with Crippen LogP contribution in [0.5, 0.6) is 0 Å². The van der Waals surface area contributed by atoms with Gasteiger partial charge in [0.25, 0.3) is 0 Å². The lowest BCUT2D eigenvalue weighted by Crippen LogP contribution is -2.00. The molecule has 0 amide bonds. The van der Waals surface area contributed by atoms with Crippen molar-refractivity contribution in [2.45, 2.75) is 27.3 Å². The molecule has 0 atom stereocenters. The second-order valence-corrected chi connectivity index (χ2v) is 3.79. The fourth-order valence-electron chi connectivity index (χ4n) is 0.776. The first kappa shape index (κ1) is 8.86. The summed E-state index contributed by atoms with van der Waals surface area (Å²) in [5, 5.41) is 0. The van der Waals surface area contributed by atoms with Crippen LogP contribution in [-0.4, -0.2) is 9.55 Å². The minimum Gasteiger partial charge on any atom is -0.326 e. The van der Waals surface area contributed by atoms with Gasteiger partial charge in [-0.15, -0.1) is 0 Å². The standard InChI is InChI=1S/C10H14N2/c1-10(2,3)5-4-7-12-8-6-11-9-12/h6,8-9H,7H2,1-3H3. The van der Waals surface area contributed by atoms with Crippen LogP contribution in [0.4, 0.5) is 0 Å². The Bertz CT molecular complexity index is 280. The summed E-state index contributed by atoms with van der Waals surface area (Å²) in [6, 6.07) is 0. The maximum Gasteiger partial charge on any atom is 0.0954 e. The molecule has 0 aliphatic carbocycles. The Balaban J connectivity index is 2.49. The van der Waals surface area contributed by atoms with E-state index in [2.05, 4.69) is 37.6 Å². The van der Waals surface area contributed by atoms with Crippen molar-refractivity contribution in [1.82, 2.24) is 9.55 Å². The van der Waals surface area contributed by atoms with Gasteiger partial charge in [0.15, 0.2) is 0 Å². The van der Waals surface area contributed by atoms with Gasteiger partial charge in [0.1, 0.15) is 0 Å². The van der Waals surface area contributed by atoms with Crippen LogP contribution in [-0.2, 0) is 6.54 Å². The Morgan fingerprint density at radius 2 is 2.17 bits per heavy atom. The van der Waals surface area contributed by atoms with Gasteiger partial charge in [-0.2, -0.15) is 0 Å². The van der Waals surface area contributed by atoms with Crippen molar-refractivity contribution < 1.29 is 0 Å². The van der Waals surface area contributed by atoms with Crippen LogP contribution in [0.2, 0.25) is 0 Å². The van der Waals surface area contributed by atoms with Gasteiger partial charge >= 0.3 is 0 Å². The highest BCUT2D eigenvalue weighted by Crippen LogP contribution is 2.09.